The molecule has 0 spiro atoms. The molecular weight excluding hydrogens is 198 g/mol. The van der Waals surface area contributed by atoms with E-state index < -0.39 is 0 Å². The maximum atomic E-state index is 4.69. The number of benzene rings is 1. The summed E-state index contributed by atoms with van der Waals surface area (Å²) >= 11 is 0. The van der Waals surface area contributed by atoms with Crippen molar-refractivity contribution in [2.24, 2.45) is 5.92 Å². The second-order valence-corrected chi connectivity index (χ2v) is 4.72. The average Bonchev–Trinajstić information content (AvgIpc) is 2.88. The normalized spacial score (nSPS) is 20.7. The molecule has 3 rings (SSSR count). The van der Waals surface area contributed by atoms with Crippen LogP contribution in [0.3, 0.4) is 0 Å². The molecule has 84 valence electrons. The molecule has 0 amide bonds. The van der Waals surface area contributed by atoms with Crippen LogP contribution in [0.2, 0.25) is 0 Å². The van der Waals surface area contributed by atoms with Crippen molar-refractivity contribution in [3.8, 4) is 0 Å². The summed E-state index contributed by atoms with van der Waals surface area (Å²) in [6.07, 6.45) is 2.34. The quantitative estimate of drug-likeness (QED) is 0.804. The van der Waals surface area contributed by atoms with Gasteiger partial charge in [-0.15, -0.1) is 0 Å². The fourth-order valence-electron chi connectivity index (χ4n) is 2.49. The molecule has 0 bridgehead atoms. The van der Waals surface area contributed by atoms with Gasteiger partial charge in [-0.1, -0.05) is 12.1 Å². The highest BCUT2D eigenvalue weighted by molar-refractivity contribution is 5.78. The van der Waals surface area contributed by atoms with Gasteiger partial charge in [0.15, 0.2) is 0 Å². The fraction of sp³-hybridized carbons (Fsp3) is 0.462. The zero-order valence-electron chi connectivity index (χ0n) is 9.59. The number of H-pyrrole nitrogens is 1. The molecule has 16 heavy (non-hydrogen) atoms. The molecule has 1 unspecified atom stereocenters. The van der Waals surface area contributed by atoms with E-state index in [1.807, 2.05) is 0 Å². The molecule has 3 nitrogen and oxygen atoms in total. The van der Waals surface area contributed by atoms with Gasteiger partial charge in [0, 0.05) is 6.42 Å². The van der Waals surface area contributed by atoms with E-state index in [-0.39, 0.29) is 0 Å². The molecule has 0 aliphatic carbocycles. The lowest BCUT2D eigenvalue weighted by Gasteiger charge is -2.03. The van der Waals surface area contributed by atoms with E-state index in [0.717, 1.165) is 36.8 Å². The van der Waals surface area contributed by atoms with Crippen LogP contribution in [0.5, 0.6) is 0 Å². The Kier molecular flexibility index (Phi) is 2.40. The first-order chi connectivity index (χ1) is 7.83. The number of aromatic amines is 1. The summed E-state index contributed by atoms with van der Waals surface area (Å²) in [6.45, 7) is 4.41. The maximum Gasteiger partial charge on any atom is 0.107 e. The highest BCUT2D eigenvalue weighted by Gasteiger charge is 2.16. The third kappa shape index (κ3) is 1.71. The van der Waals surface area contributed by atoms with Crippen LogP contribution in [0.25, 0.3) is 11.0 Å². The minimum Gasteiger partial charge on any atom is -0.342 e. The number of aryl methyl sites for hydroxylation is 1. The molecule has 1 saturated heterocycles. The molecule has 1 atom stereocenters. The molecule has 1 fully saturated rings. The van der Waals surface area contributed by atoms with Crippen LogP contribution in [0.15, 0.2) is 18.2 Å². The standard InChI is InChI=1S/C13H17N3/c1-9-3-2-4-11-13(9)16-12(15-11)7-10-5-6-14-8-10/h2-4,10,14H,5-8H2,1H3,(H,15,16). The first-order valence-corrected chi connectivity index (χ1v) is 5.98. The Bertz CT molecular complexity index is 495. The van der Waals surface area contributed by atoms with Crippen molar-refractivity contribution in [3.05, 3.63) is 29.6 Å². The Morgan fingerprint density at radius 2 is 2.38 bits per heavy atom. The second kappa shape index (κ2) is 3.91. The zero-order valence-corrected chi connectivity index (χ0v) is 9.59. The lowest BCUT2D eigenvalue weighted by atomic mass is 10.1. The first-order valence-electron chi connectivity index (χ1n) is 5.98. The number of rotatable bonds is 2. The molecule has 0 saturated carbocycles. The third-order valence-electron chi connectivity index (χ3n) is 3.41. The monoisotopic (exact) mass is 215 g/mol. The summed E-state index contributed by atoms with van der Waals surface area (Å²) in [4.78, 5) is 8.12. The van der Waals surface area contributed by atoms with Crippen molar-refractivity contribution in [2.75, 3.05) is 13.1 Å². The number of aromatic nitrogens is 2. The Labute approximate surface area is 95.3 Å². The number of nitrogens with one attached hydrogen (secondary N) is 2. The molecule has 1 aliphatic heterocycles. The molecule has 0 radical (unpaired) electrons. The predicted molar refractivity (Wildman–Crippen MR) is 65.5 cm³/mol. The van der Waals surface area contributed by atoms with Crippen LogP contribution < -0.4 is 5.32 Å². The first kappa shape index (κ1) is 9.85. The van der Waals surface area contributed by atoms with Crippen molar-refractivity contribution in [1.82, 2.24) is 15.3 Å². The van der Waals surface area contributed by atoms with E-state index in [1.54, 1.807) is 0 Å². The Balaban J connectivity index is 1.90. The van der Waals surface area contributed by atoms with Crippen LogP contribution in [0, 0.1) is 12.8 Å². The third-order valence-corrected chi connectivity index (χ3v) is 3.41. The second-order valence-electron chi connectivity index (χ2n) is 4.72. The van der Waals surface area contributed by atoms with E-state index in [2.05, 4.69) is 35.4 Å². The molecule has 1 aromatic carbocycles. The molecule has 1 aliphatic rings. The van der Waals surface area contributed by atoms with Gasteiger partial charge in [-0.2, -0.15) is 0 Å². The molecular formula is C13H17N3. The van der Waals surface area contributed by atoms with Crippen molar-refractivity contribution >= 4 is 11.0 Å². The van der Waals surface area contributed by atoms with Gasteiger partial charge < -0.3 is 10.3 Å². The number of imidazole rings is 1. The Morgan fingerprint density at radius 3 is 3.12 bits per heavy atom. The molecule has 2 aromatic rings. The number of hydrogen-bond donors (Lipinski definition) is 2. The summed E-state index contributed by atoms with van der Waals surface area (Å²) in [5, 5.41) is 3.40. The summed E-state index contributed by atoms with van der Waals surface area (Å²) < 4.78 is 0. The molecule has 3 heteroatoms. The van der Waals surface area contributed by atoms with Gasteiger partial charge in [0.2, 0.25) is 0 Å². The van der Waals surface area contributed by atoms with Gasteiger partial charge >= 0.3 is 0 Å². The summed E-state index contributed by atoms with van der Waals surface area (Å²) in [7, 11) is 0. The van der Waals surface area contributed by atoms with E-state index in [9.17, 15) is 0 Å². The van der Waals surface area contributed by atoms with Crippen LogP contribution >= 0.6 is 0 Å². The van der Waals surface area contributed by atoms with Gasteiger partial charge in [-0.05, 0) is 44.0 Å². The van der Waals surface area contributed by atoms with Gasteiger partial charge in [-0.3, -0.25) is 0 Å². The average molecular weight is 215 g/mol. The molecule has 2 N–H and O–H groups in total. The van der Waals surface area contributed by atoms with Crippen molar-refractivity contribution < 1.29 is 0 Å². The highest BCUT2D eigenvalue weighted by Crippen LogP contribution is 2.19. The van der Waals surface area contributed by atoms with Crippen LogP contribution in [0.4, 0.5) is 0 Å². The van der Waals surface area contributed by atoms with E-state index in [0.29, 0.717) is 0 Å². The molecule has 1 aromatic heterocycles. The number of para-hydroxylation sites is 1. The number of hydrogen-bond acceptors (Lipinski definition) is 2. The van der Waals surface area contributed by atoms with Crippen LogP contribution in [0.1, 0.15) is 17.8 Å². The Morgan fingerprint density at radius 1 is 1.44 bits per heavy atom. The predicted octanol–water partition coefficient (Wildman–Crippen LogP) is 2.02. The number of fused-ring (bicyclic) bond motifs is 1. The summed E-state index contributed by atoms with van der Waals surface area (Å²) in [6, 6.07) is 6.30. The lowest BCUT2D eigenvalue weighted by molar-refractivity contribution is 0.565. The highest BCUT2D eigenvalue weighted by atomic mass is 14.9. The van der Waals surface area contributed by atoms with E-state index >= 15 is 0 Å². The molecule has 2 heterocycles. The van der Waals surface area contributed by atoms with Crippen LogP contribution in [-0.4, -0.2) is 23.1 Å². The van der Waals surface area contributed by atoms with E-state index in [4.69, 9.17) is 4.98 Å². The van der Waals surface area contributed by atoms with Gasteiger partial charge in [0.05, 0.1) is 11.0 Å². The van der Waals surface area contributed by atoms with Gasteiger partial charge in [-0.25, -0.2) is 4.98 Å². The Hall–Kier alpha value is -1.35. The largest absolute Gasteiger partial charge is 0.342 e. The van der Waals surface area contributed by atoms with Crippen molar-refractivity contribution in [3.63, 3.8) is 0 Å². The summed E-state index contributed by atoms with van der Waals surface area (Å²) in [5.74, 6) is 1.89. The van der Waals surface area contributed by atoms with Gasteiger partial charge in [0.1, 0.15) is 5.82 Å². The fourth-order valence-corrected chi connectivity index (χ4v) is 2.49. The smallest absolute Gasteiger partial charge is 0.107 e. The SMILES string of the molecule is Cc1cccc2[nH]c(CC3CCNC3)nc12. The lowest BCUT2D eigenvalue weighted by Crippen LogP contribution is -2.11. The van der Waals surface area contributed by atoms with Gasteiger partial charge in [0.25, 0.3) is 0 Å². The summed E-state index contributed by atoms with van der Waals surface area (Å²) in [5.41, 5.74) is 3.55. The van der Waals surface area contributed by atoms with Crippen LogP contribution in [-0.2, 0) is 6.42 Å². The van der Waals surface area contributed by atoms with E-state index in [1.165, 1.54) is 17.5 Å². The zero-order chi connectivity index (χ0) is 11.0. The van der Waals surface area contributed by atoms with Crippen molar-refractivity contribution in [1.29, 1.82) is 0 Å². The van der Waals surface area contributed by atoms with Crippen molar-refractivity contribution in [2.45, 2.75) is 19.8 Å². The topological polar surface area (TPSA) is 40.7 Å². The minimum atomic E-state index is 0.751. The maximum absolute atomic E-state index is 4.69. The minimum absolute atomic E-state index is 0.751. The number of nitrogens with zero attached hydrogens (tertiary/aromatic N) is 1.